The normalized spacial score (nSPS) is 16.3. The van der Waals surface area contributed by atoms with E-state index in [1.54, 1.807) is 6.08 Å². The number of benzene rings is 1. The van der Waals surface area contributed by atoms with E-state index in [1.165, 1.54) is 0 Å². The molecule has 2 rings (SSSR count). The van der Waals surface area contributed by atoms with Gasteiger partial charge in [0, 0.05) is 17.8 Å². The van der Waals surface area contributed by atoms with E-state index in [1.807, 2.05) is 0 Å². The SMILES string of the molecule is Nc1cc(F)c(C2=CCNCC2)c(F)c1. The third kappa shape index (κ3) is 1.99. The first-order valence-corrected chi connectivity index (χ1v) is 4.83. The third-order valence-electron chi connectivity index (χ3n) is 2.45. The molecule has 4 heteroatoms. The molecule has 0 bridgehead atoms. The summed E-state index contributed by atoms with van der Waals surface area (Å²) in [6, 6.07) is 2.31. The summed E-state index contributed by atoms with van der Waals surface area (Å²) in [5.74, 6) is -1.17. The van der Waals surface area contributed by atoms with Gasteiger partial charge in [0.25, 0.3) is 0 Å². The topological polar surface area (TPSA) is 38.0 Å². The highest BCUT2D eigenvalue weighted by atomic mass is 19.1. The maximum Gasteiger partial charge on any atom is 0.135 e. The molecule has 1 heterocycles. The molecule has 0 unspecified atom stereocenters. The summed E-state index contributed by atoms with van der Waals surface area (Å²) < 4.78 is 27.0. The van der Waals surface area contributed by atoms with E-state index >= 15 is 0 Å². The van der Waals surface area contributed by atoms with E-state index < -0.39 is 11.6 Å². The largest absolute Gasteiger partial charge is 0.399 e. The number of nitrogens with two attached hydrogens (primary N) is 1. The molecule has 0 spiro atoms. The standard InChI is InChI=1S/C11H12F2N2/c12-9-5-8(14)6-10(13)11(9)7-1-3-15-4-2-7/h1,5-6,15H,2-4,14H2. The van der Waals surface area contributed by atoms with Crippen molar-refractivity contribution in [2.24, 2.45) is 0 Å². The highest BCUT2D eigenvalue weighted by molar-refractivity contribution is 5.69. The minimum atomic E-state index is -0.583. The highest BCUT2D eigenvalue weighted by Gasteiger charge is 2.15. The number of halogens is 2. The van der Waals surface area contributed by atoms with Crippen LogP contribution in [0.3, 0.4) is 0 Å². The molecule has 0 amide bonds. The van der Waals surface area contributed by atoms with E-state index in [-0.39, 0.29) is 11.3 Å². The van der Waals surface area contributed by atoms with E-state index in [9.17, 15) is 8.78 Å². The number of nitrogen functional groups attached to an aromatic ring is 1. The molecule has 0 atom stereocenters. The summed E-state index contributed by atoms with van der Waals surface area (Å²) in [7, 11) is 0. The second-order valence-electron chi connectivity index (χ2n) is 3.54. The van der Waals surface area contributed by atoms with E-state index in [4.69, 9.17) is 5.73 Å². The van der Waals surface area contributed by atoms with Crippen molar-refractivity contribution >= 4 is 11.3 Å². The minimum absolute atomic E-state index is 0.0608. The predicted molar refractivity (Wildman–Crippen MR) is 56.2 cm³/mol. The molecule has 15 heavy (non-hydrogen) atoms. The van der Waals surface area contributed by atoms with Crippen LogP contribution in [0.1, 0.15) is 12.0 Å². The van der Waals surface area contributed by atoms with Crippen LogP contribution in [0.2, 0.25) is 0 Å². The molecule has 1 aromatic carbocycles. The van der Waals surface area contributed by atoms with E-state index in [0.717, 1.165) is 18.7 Å². The van der Waals surface area contributed by atoms with E-state index in [0.29, 0.717) is 18.5 Å². The lowest BCUT2D eigenvalue weighted by molar-refractivity contribution is 0.574. The molecule has 1 aliphatic rings. The fourth-order valence-electron chi connectivity index (χ4n) is 1.75. The van der Waals surface area contributed by atoms with Gasteiger partial charge in [-0.1, -0.05) is 6.08 Å². The number of hydrogen-bond donors (Lipinski definition) is 2. The van der Waals surface area contributed by atoms with Gasteiger partial charge in [-0.3, -0.25) is 0 Å². The Bertz CT molecular complexity index is 390. The van der Waals surface area contributed by atoms with Gasteiger partial charge in [0.05, 0.1) is 0 Å². The van der Waals surface area contributed by atoms with Gasteiger partial charge >= 0.3 is 0 Å². The Hall–Kier alpha value is -1.42. The molecule has 0 aromatic heterocycles. The smallest absolute Gasteiger partial charge is 0.135 e. The van der Waals surface area contributed by atoms with Gasteiger partial charge in [0.2, 0.25) is 0 Å². The van der Waals surface area contributed by atoms with Crippen molar-refractivity contribution in [1.29, 1.82) is 0 Å². The molecule has 80 valence electrons. The first-order chi connectivity index (χ1) is 7.18. The number of anilines is 1. The number of rotatable bonds is 1. The lowest BCUT2D eigenvalue weighted by Gasteiger charge is -2.15. The van der Waals surface area contributed by atoms with Crippen molar-refractivity contribution in [1.82, 2.24) is 5.32 Å². The number of hydrogen-bond acceptors (Lipinski definition) is 2. The highest BCUT2D eigenvalue weighted by Crippen LogP contribution is 2.27. The van der Waals surface area contributed by atoms with E-state index in [2.05, 4.69) is 5.32 Å². The van der Waals surface area contributed by atoms with Gasteiger partial charge in [0.15, 0.2) is 0 Å². The van der Waals surface area contributed by atoms with Crippen molar-refractivity contribution in [3.05, 3.63) is 35.4 Å². The van der Waals surface area contributed by atoms with Crippen LogP contribution in [0.5, 0.6) is 0 Å². The molecule has 1 aliphatic heterocycles. The van der Waals surface area contributed by atoms with Crippen LogP contribution in [0.15, 0.2) is 18.2 Å². The Morgan fingerprint density at radius 1 is 1.20 bits per heavy atom. The fourth-order valence-corrected chi connectivity index (χ4v) is 1.75. The fraction of sp³-hybridized carbons (Fsp3) is 0.273. The summed E-state index contributed by atoms with van der Waals surface area (Å²) >= 11 is 0. The van der Waals surface area contributed by atoms with Crippen molar-refractivity contribution in [3.63, 3.8) is 0 Å². The molecule has 0 aliphatic carbocycles. The second-order valence-corrected chi connectivity index (χ2v) is 3.54. The molecule has 3 N–H and O–H groups in total. The monoisotopic (exact) mass is 210 g/mol. The van der Waals surface area contributed by atoms with Crippen molar-refractivity contribution in [2.75, 3.05) is 18.8 Å². The molecule has 1 aromatic rings. The lowest BCUT2D eigenvalue weighted by Crippen LogP contribution is -2.20. The Morgan fingerprint density at radius 3 is 2.40 bits per heavy atom. The summed E-state index contributed by atoms with van der Waals surface area (Å²) in [6.45, 7) is 1.40. The first kappa shape index (κ1) is 10.1. The van der Waals surface area contributed by atoms with Gasteiger partial charge < -0.3 is 11.1 Å². The van der Waals surface area contributed by atoms with Crippen LogP contribution >= 0.6 is 0 Å². The zero-order valence-corrected chi connectivity index (χ0v) is 8.19. The molecular formula is C11H12F2N2. The van der Waals surface area contributed by atoms with Crippen LogP contribution in [-0.4, -0.2) is 13.1 Å². The Kier molecular flexibility index (Phi) is 2.68. The van der Waals surface area contributed by atoms with Crippen LogP contribution in [0, 0.1) is 11.6 Å². The van der Waals surface area contributed by atoms with Gasteiger partial charge in [-0.05, 0) is 30.7 Å². The average Bonchev–Trinajstić information content (AvgIpc) is 2.17. The zero-order valence-electron chi connectivity index (χ0n) is 8.19. The van der Waals surface area contributed by atoms with Crippen molar-refractivity contribution in [3.8, 4) is 0 Å². The third-order valence-corrected chi connectivity index (χ3v) is 2.45. The van der Waals surface area contributed by atoms with Crippen LogP contribution in [-0.2, 0) is 0 Å². The average molecular weight is 210 g/mol. The minimum Gasteiger partial charge on any atom is -0.399 e. The molecule has 0 saturated carbocycles. The first-order valence-electron chi connectivity index (χ1n) is 4.83. The molecule has 0 saturated heterocycles. The molecule has 0 radical (unpaired) electrons. The summed E-state index contributed by atoms with van der Waals surface area (Å²) in [5.41, 5.74) is 6.23. The second kappa shape index (κ2) is 3.98. The lowest BCUT2D eigenvalue weighted by atomic mass is 9.99. The molecule has 0 fully saturated rings. The predicted octanol–water partition coefficient (Wildman–Crippen LogP) is 1.92. The van der Waals surface area contributed by atoms with Gasteiger partial charge in [0.1, 0.15) is 11.6 Å². The Balaban J connectivity index is 2.47. The summed E-state index contributed by atoms with van der Waals surface area (Å²) in [4.78, 5) is 0. The maximum absolute atomic E-state index is 13.5. The number of nitrogens with one attached hydrogen (secondary N) is 1. The summed E-state index contributed by atoms with van der Waals surface area (Å²) in [5, 5.41) is 3.09. The van der Waals surface area contributed by atoms with Gasteiger partial charge in [-0.25, -0.2) is 8.78 Å². The van der Waals surface area contributed by atoms with Crippen molar-refractivity contribution < 1.29 is 8.78 Å². The van der Waals surface area contributed by atoms with Crippen LogP contribution in [0.25, 0.3) is 5.57 Å². The zero-order chi connectivity index (χ0) is 10.8. The Morgan fingerprint density at radius 2 is 1.87 bits per heavy atom. The quantitative estimate of drug-likeness (QED) is 0.695. The van der Waals surface area contributed by atoms with Crippen LogP contribution < -0.4 is 11.1 Å². The molecular weight excluding hydrogens is 198 g/mol. The van der Waals surface area contributed by atoms with Gasteiger partial charge in [-0.15, -0.1) is 0 Å². The van der Waals surface area contributed by atoms with Crippen molar-refractivity contribution in [2.45, 2.75) is 6.42 Å². The summed E-state index contributed by atoms with van der Waals surface area (Å²) in [6.07, 6.45) is 2.44. The van der Waals surface area contributed by atoms with Crippen LogP contribution in [0.4, 0.5) is 14.5 Å². The maximum atomic E-state index is 13.5. The molecule has 2 nitrogen and oxygen atoms in total. The Labute approximate surface area is 86.8 Å². The van der Waals surface area contributed by atoms with Gasteiger partial charge in [-0.2, -0.15) is 0 Å².